The van der Waals surface area contributed by atoms with E-state index in [1.54, 1.807) is 0 Å². The molecule has 0 fully saturated rings. The maximum absolute atomic E-state index is 12.5. The molecule has 0 aliphatic carbocycles. The van der Waals surface area contributed by atoms with E-state index in [1.165, 1.54) is 26.1 Å². The largest absolute Gasteiger partial charge is 0.448 e. The van der Waals surface area contributed by atoms with Gasteiger partial charge in [0, 0.05) is 17.4 Å². The highest BCUT2D eigenvalue weighted by Crippen LogP contribution is 2.29. The van der Waals surface area contributed by atoms with E-state index in [0.717, 1.165) is 24.3 Å². The number of halogens is 3. The number of hydrogen-bond acceptors (Lipinski definition) is 4. The molecule has 26 heavy (non-hydrogen) atoms. The molecule has 1 amide bonds. The summed E-state index contributed by atoms with van der Waals surface area (Å²) >= 11 is 0. The SMILES string of the molecule is CC(=O)c1c[nH]c(C(=O)O[C@H](C)C(=O)Nc2ccc(C(F)(F)F)cc2)c1. The number of esters is 1. The quantitative estimate of drug-likeness (QED) is 0.625. The zero-order valence-electron chi connectivity index (χ0n) is 13.8. The van der Waals surface area contributed by atoms with Crippen LogP contribution in [0.5, 0.6) is 0 Å². The van der Waals surface area contributed by atoms with Gasteiger partial charge in [0.1, 0.15) is 5.69 Å². The molecule has 9 heteroatoms. The Kier molecular flexibility index (Phi) is 5.49. The lowest BCUT2D eigenvalue weighted by atomic mass is 10.2. The molecule has 2 aromatic rings. The first-order chi connectivity index (χ1) is 12.1. The highest BCUT2D eigenvalue weighted by Gasteiger charge is 2.30. The van der Waals surface area contributed by atoms with E-state index in [0.29, 0.717) is 5.56 Å². The lowest BCUT2D eigenvalue weighted by Crippen LogP contribution is -2.30. The van der Waals surface area contributed by atoms with Gasteiger partial charge in [-0.1, -0.05) is 0 Å². The number of aromatic nitrogens is 1. The second-order valence-corrected chi connectivity index (χ2v) is 5.47. The van der Waals surface area contributed by atoms with Gasteiger partial charge in [0.15, 0.2) is 11.9 Å². The second kappa shape index (κ2) is 7.42. The van der Waals surface area contributed by atoms with E-state index in [2.05, 4.69) is 10.3 Å². The Balaban J connectivity index is 1.96. The summed E-state index contributed by atoms with van der Waals surface area (Å²) in [5.74, 6) is -1.79. The van der Waals surface area contributed by atoms with Gasteiger partial charge in [-0.05, 0) is 44.2 Å². The van der Waals surface area contributed by atoms with Gasteiger partial charge in [-0.15, -0.1) is 0 Å². The van der Waals surface area contributed by atoms with Crippen molar-refractivity contribution in [3.8, 4) is 0 Å². The highest BCUT2D eigenvalue weighted by atomic mass is 19.4. The van der Waals surface area contributed by atoms with Gasteiger partial charge in [-0.2, -0.15) is 13.2 Å². The first-order valence-corrected chi connectivity index (χ1v) is 7.46. The zero-order chi connectivity index (χ0) is 19.5. The van der Waals surface area contributed by atoms with Crippen LogP contribution >= 0.6 is 0 Å². The molecule has 1 aromatic heterocycles. The third-order valence-electron chi connectivity index (χ3n) is 3.44. The lowest BCUT2D eigenvalue weighted by Gasteiger charge is -2.13. The summed E-state index contributed by atoms with van der Waals surface area (Å²) in [6.45, 7) is 2.64. The number of carbonyl (C=O) groups is 3. The Morgan fingerprint density at radius 3 is 2.27 bits per heavy atom. The molecule has 2 N–H and O–H groups in total. The monoisotopic (exact) mass is 368 g/mol. The summed E-state index contributed by atoms with van der Waals surface area (Å²) in [6, 6.07) is 5.15. The van der Waals surface area contributed by atoms with E-state index in [9.17, 15) is 27.6 Å². The predicted octanol–water partition coefficient (Wildman–Crippen LogP) is 3.42. The molecule has 0 aliphatic heterocycles. The smallest absolute Gasteiger partial charge is 0.416 e. The van der Waals surface area contributed by atoms with E-state index >= 15 is 0 Å². The van der Waals surface area contributed by atoms with Gasteiger partial charge in [0.05, 0.1) is 5.56 Å². The summed E-state index contributed by atoms with van der Waals surface area (Å²) in [7, 11) is 0. The Morgan fingerprint density at radius 1 is 1.15 bits per heavy atom. The van der Waals surface area contributed by atoms with Crippen LogP contribution in [0, 0.1) is 0 Å². The van der Waals surface area contributed by atoms with Crippen molar-refractivity contribution in [2.24, 2.45) is 0 Å². The topological polar surface area (TPSA) is 88.3 Å². The minimum Gasteiger partial charge on any atom is -0.448 e. The average molecular weight is 368 g/mol. The van der Waals surface area contributed by atoms with Gasteiger partial charge in [0.2, 0.25) is 0 Å². The van der Waals surface area contributed by atoms with E-state index in [-0.39, 0.29) is 17.2 Å². The van der Waals surface area contributed by atoms with Crippen molar-refractivity contribution in [1.29, 1.82) is 0 Å². The molecule has 1 aromatic carbocycles. The molecular formula is C17H15F3N2O4. The number of hydrogen-bond donors (Lipinski definition) is 2. The number of ether oxygens (including phenoxy) is 1. The van der Waals surface area contributed by atoms with Crippen molar-refractivity contribution >= 4 is 23.3 Å². The van der Waals surface area contributed by atoms with Crippen LogP contribution < -0.4 is 5.32 Å². The van der Waals surface area contributed by atoms with Gasteiger partial charge in [0.25, 0.3) is 5.91 Å². The Bertz CT molecular complexity index is 825. The number of ketones is 1. The summed E-state index contributed by atoms with van der Waals surface area (Å²) in [6.07, 6.45) is -4.33. The van der Waals surface area contributed by atoms with Gasteiger partial charge >= 0.3 is 12.1 Å². The van der Waals surface area contributed by atoms with Crippen LogP contribution in [-0.4, -0.2) is 28.7 Å². The van der Waals surface area contributed by atoms with E-state index in [1.807, 2.05) is 0 Å². The van der Waals surface area contributed by atoms with Crippen LogP contribution in [0.25, 0.3) is 0 Å². The molecule has 1 heterocycles. The number of rotatable bonds is 5. The third kappa shape index (κ3) is 4.71. The van der Waals surface area contributed by atoms with E-state index in [4.69, 9.17) is 4.74 Å². The van der Waals surface area contributed by atoms with Crippen LogP contribution in [0.15, 0.2) is 36.5 Å². The number of nitrogens with one attached hydrogen (secondary N) is 2. The molecule has 2 rings (SSSR count). The van der Waals surface area contributed by atoms with Crippen LogP contribution in [0.2, 0.25) is 0 Å². The van der Waals surface area contributed by atoms with Crippen molar-refractivity contribution in [3.63, 3.8) is 0 Å². The van der Waals surface area contributed by atoms with Crippen molar-refractivity contribution in [2.75, 3.05) is 5.32 Å². The minimum atomic E-state index is -4.47. The normalized spacial score (nSPS) is 12.3. The highest BCUT2D eigenvalue weighted by molar-refractivity contribution is 5.99. The number of carbonyl (C=O) groups excluding carboxylic acids is 3. The molecule has 138 valence electrons. The number of alkyl halides is 3. The fourth-order valence-corrected chi connectivity index (χ4v) is 1.98. The standard InChI is InChI=1S/C17H15F3N2O4/c1-9(23)11-7-14(21-8-11)16(25)26-10(2)15(24)22-13-5-3-12(4-6-13)17(18,19)20/h3-8,10,21H,1-2H3,(H,22,24)/t10-/m1/s1. The summed E-state index contributed by atoms with van der Waals surface area (Å²) in [5.41, 5.74) is -0.421. The van der Waals surface area contributed by atoms with Crippen molar-refractivity contribution in [1.82, 2.24) is 4.98 Å². The summed E-state index contributed by atoms with van der Waals surface area (Å²) in [4.78, 5) is 37.7. The van der Waals surface area contributed by atoms with Gasteiger partial charge in [-0.3, -0.25) is 9.59 Å². The molecule has 0 saturated carbocycles. The van der Waals surface area contributed by atoms with Crippen molar-refractivity contribution < 1.29 is 32.3 Å². The van der Waals surface area contributed by atoms with Gasteiger partial charge in [-0.25, -0.2) is 4.79 Å². The number of amides is 1. The Labute approximate surface area is 146 Å². The first kappa shape index (κ1) is 19.2. The number of H-pyrrole nitrogens is 1. The fraction of sp³-hybridized carbons (Fsp3) is 0.235. The van der Waals surface area contributed by atoms with Crippen LogP contribution in [0.3, 0.4) is 0 Å². The third-order valence-corrected chi connectivity index (χ3v) is 3.44. The Hall–Kier alpha value is -3.10. The molecule has 0 radical (unpaired) electrons. The van der Waals surface area contributed by atoms with Crippen molar-refractivity contribution in [2.45, 2.75) is 26.1 Å². The lowest BCUT2D eigenvalue weighted by molar-refractivity contribution is -0.137. The molecule has 0 bridgehead atoms. The minimum absolute atomic E-state index is 0.00406. The maximum atomic E-state index is 12.5. The van der Waals surface area contributed by atoms with E-state index < -0.39 is 29.7 Å². The zero-order valence-corrected chi connectivity index (χ0v) is 13.8. The predicted molar refractivity (Wildman–Crippen MR) is 85.7 cm³/mol. The first-order valence-electron chi connectivity index (χ1n) is 7.46. The molecule has 0 aliphatic rings. The molecular weight excluding hydrogens is 353 g/mol. The molecule has 0 spiro atoms. The number of anilines is 1. The molecule has 0 saturated heterocycles. The number of Topliss-reactive ketones (excluding diaryl/α,β-unsaturated/α-hetero) is 1. The molecule has 0 unspecified atom stereocenters. The van der Waals surface area contributed by atoms with Crippen LogP contribution in [0.1, 0.15) is 40.3 Å². The summed E-state index contributed by atoms with van der Waals surface area (Å²) < 4.78 is 42.5. The van der Waals surface area contributed by atoms with Crippen molar-refractivity contribution in [3.05, 3.63) is 53.3 Å². The van der Waals surface area contributed by atoms with Crippen LogP contribution in [-0.2, 0) is 15.7 Å². The fourth-order valence-electron chi connectivity index (χ4n) is 1.98. The second-order valence-electron chi connectivity index (χ2n) is 5.47. The Morgan fingerprint density at radius 2 is 1.77 bits per heavy atom. The summed E-state index contributed by atoms with van der Waals surface area (Å²) in [5, 5.41) is 2.35. The molecule has 6 nitrogen and oxygen atoms in total. The number of benzene rings is 1. The average Bonchev–Trinajstić information content (AvgIpc) is 3.04. The van der Waals surface area contributed by atoms with Crippen LogP contribution in [0.4, 0.5) is 18.9 Å². The number of aromatic amines is 1. The molecule has 1 atom stereocenters. The maximum Gasteiger partial charge on any atom is 0.416 e. The van der Waals surface area contributed by atoms with Gasteiger partial charge < -0.3 is 15.0 Å².